The van der Waals surface area contributed by atoms with Gasteiger partial charge in [-0.2, -0.15) is 4.57 Å². The molecular weight excluding hydrogens is 378 g/mol. The Kier molecular flexibility index (Phi) is 19.5. The molecule has 0 saturated carbocycles. The molecule has 142 valence electrons. The first-order valence-electron chi connectivity index (χ1n) is 10.3. The number of thiazole rings is 1. The Morgan fingerprint density at radius 3 is 1.42 bits per heavy atom. The maximum Gasteiger partial charge on any atom is 0.224 e. The van der Waals surface area contributed by atoms with Gasteiger partial charge in [0.05, 0.1) is 5.38 Å². The van der Waals surface area contributed by atoms with Gasteiger partial charge in [0.15, 0.2) is 6.20 Å². The Bertz CT molecular complexity index is 327. The molecule has 0 spiro atoms. The van der Waals surface area contributed by atoms with Gasteiger partial charge in [0.25, 0.3) is 0 Å². The van der Waals surface area contributed by atoms with E-state index in [9.17, 15) is 0 Å². The normalized spacial score (nSPS) is 10.7. The Morgan fingerprint density at radius 2 is 1.04 bits per heavy atom. The van der Waals surface area contributed by atoms with Gasteiger partial charge in [-0.15, -0.1) is 0 Å². The number of hydrogen-bond acceptors (Lipinski definition) is 1. The van der Waals surface area contributed by atoms with E-state index in [4.69, 9.17) is 0 Å². The molecule has 0 N–H and O–H groups in total. The third-order valence-electron chi connectivity index (χ3n) is 4.80. The van der Waals surface area contributed by atoms with Crippen LogP contribution in [-0.4, -0.2) is 0 Å². The van der Waals surface area contributed by atoms with Crippen LogP contribution in [0.3, 0.4) is 0 Å². The van der Waals surface area contributed by atoms with Crippen molar-refractivity contribution in [3.63, 3.8) is 0 Å². The van der Waals surface area contributed by atoms with Crippen molar-refractivity contribution in [2.45, 2.75) is 116 Å². The van der Waals surface area contributed by atoms with E-state index in [0.29, 0.717) is 0 Å². The predicted octanol–water partition coefficient (Wildman–Crippen LogP) is 4.30. The van der Waals surface area contributed by atoms with E-state index in [-0.39, 0.29) is 17.0 Å². The maximum absolute atomic E-state index is 2.31. The zero-order valence-electron chi connectivity index (χ0n) is 16.0. The lowest BCUT2D eigenvalue weighted by Gasteiger charge is -2.03. The Labute approximate surface area is 166 Å². The highest BCUT2D eigenvalue weighted by atomic mass is 79.9. The SMILES string of the molecule is CCCCCCCCCCCCCCCCCC[n+]1ccsc1.[Br-]. The molecule has 0 aliphatic heterocycles. The molecule has 1 heterocycles. The van der Waals surface area contributed by atoms with Crippen molar-refractivity contribution in [1.82, 2.24) is 0 Å². The summed E-state index contributed by atoms with van der Waals surface area (Å²) in [4.78, 5) is 0. The third kappa shape index (κ3) is 15.6. The van der Waals surface area contributed by atoms with Crippen molar-refractivity contribution in [3.05, 3.63) is 17.1 Å². The summed E-state index contributed by atoms with van der Waals surface area (Å²) < 4.78 is 2.31. The summed E-state index contributed by atoms with van der Waals surface area (Å²) in [5, 5.41) is 2.16. The number of hydrogen-bond donors (Lipinski definition) is 0. The van der Waals surface area contributed by atoms with Crippen LogP contribution in [0.5, 0.6) is 0 Å². The van der Waals surface area contributed by atoms with E-state index in [1.807, 2.05) is 0 Å². The van der Waals surface area contributed by atoms with Gasteiger partial charge in [-0.05, 0) is 6.42 Å². The summed E-state index contributed by atoms with van der Waals surface area (Å²) >= 11 is 1.79. The van der Waals surface area contributed by atoms with E-state index in [1.54, 1.807) is 11.3 Å². The van der Waals surface area contributed by atoms with Gasteiger partial charge < -0.3 is 17.0 Å². The van der Waals surface area contributed by atoms with Crippen LogP contribution in [-0.2, 0) is 6.54 Å². The second-order valence-electron chi connectivity index (χ2n) is 7.07. The van der Waals surface area contributed by atoms with E-state index in [2.05, 4.69) is 28.6 Å². The summed E-state index contributed by atoms with van der Waals surface area (Å²) in [6, 6.07) is 0. The van der Waals surface area contributed by atoms with E-state index in [0.717, 1.165) is 0 Å². The molecule has 1 aromatic heterocycles. The molecule has 1 aromatic rings. The largest absolute Gasteiger partial charge is 1.00 e. The first kappa shape index (κ1) is 24.1. The number of rotatable bonds is 17. The molecule has 0 radical (unpaired) electrons. The molecule has 0 aromatic carbocycles. The molecular formula is C21H40BrNS. The summed E-state index contributed by atoms with van der Waals surface area (Å²) in [7, 11) is 0. The number of nitrogens with zero attached hydrogens (tertiary/aromatic N) is 1. The summed E-state index contributed by atoms with van der Waals surface area (Å²) in [6.07, 6.45) is 25.3. The number of aromatic nitrogens is 1. The standard InChI is InChI=1S/C21H40NS.BrH/c1-2-3-4-5-6-7-8-9-10-11-12-13-14-15-16-17-18-22-19-20-23-21-22;/h19-21H,2-18H2,1H3;1H/q+1;/p-1. The molecule has 1 rings (SSSR count). The molecule has 0 bridgehead atoms. The highest BCUT2D eigenvalue weighted by Crippen LogP contribution is 2.13. The quantitative estimate of drug-likeness (QED) is 0.262. The molecule has 0 aliphatic rings. The van der Waals surface area contributed by atoms with Crippen molar-refractivity contribution in [3.8, 4) is 0 Å². The maximum atomic E-state index is 2.31. The van der Waals surface area contributed by atoms with Gasteiger partial charge in [0, 0.05) is 6.42 Å². The summed E-state index contributed by atoms with van der Waals surface area (Å²) in [5.41, 5.74) is 2.21. The Morgan fingerprint density at radius 1 is 0.625 bits per heavy atom. The number of aryl methyl sites for hydroxylation is 1. The lowest BCUT2D eigenvalue weighted by molar-refractivity contribution is -0.692. The molecule has 0 unspecified atom stereocenters. The van der Waals surface area contributed by atoms with Crippen LogP contribution in [0.25, 0.3) is 0 Å². The molecule has 0 atom stereocenters. The third-order valence-corrected chi connectivity index (χ3v) is 5.47. The van der Waals surface area contributed by atoms with Gasteiger partial charge in [-0.3, -0.25) is 0 Å². The van der Waals surface area contributed by atoms with Gasteiger partial charge in [0.1, 0.15) is 6.54 Å². The molecule has 3 heteroatoms. The monoisotopic (exact) mass is 417 g/mol. The smallest absolute Gasteiger partial charge is 0.224 e. The van der Waals surface area contributed by atoms with Crippen molar-refractivity contribution in [1.29, 1.82) is 0 Å². The average molecular weight is 419 g/mol. The van der Waals surface area contributed by atoms with E-state index in [1.165, 1.54) is 109 Å². The fourth-order valence-corrected chi connectivity index (χ4v) is 3.86. The van der Waals surface area contributed by atoms with Gasteiger partial charge >= 0.3 is 0 Å². The van der Waals surface area contributed by atoms with Crippen LogP contribution < -0.4 is 21.5 Å². The average Bonchev–Trinajstić information content (AvgIpc) is 3.08. The summed E-state index contributed by atoms with van der Waals surface area (Å²) in [6.45, 7) is 3.51. The van der Waals surface area contributed by atoms with Gasteiger partial charge in [-0.25, -0.2) is 0 Å². The van der Waals surface area contributed by atoms with E-state index < -0.39 is 0 Å². The zero-order chi connectivity index (χ0) is 16.4. The Balaban J connectivity index is 0.00000529. The highest BCUT2D eigenvalue weighted by Gasteiger charge is 1.99. The van der Waals surface area contributed by atoms with Crippen molar-refractivity contribution in [2.75, 3.05) is 0 Å². The highest BCUT2D eigenvalue weighted by molar-refractivity contribution is 7.07. The minimum atomic E-state index is 0. The molecule has 24 heavy (non-hydrogen) atoms. The van der Waals surface area contributed by atoms with Crippen LogP contribution in [0.2, 0.25) is 0 Å². The second-order valence-corrected chi connectivity index (χ2v) is 7.82. The molecule has 0 fully saturated rings. The first-order valence-corrected chi connectivity index (χ1v) is 11.3. The molecule has 1 nitrogen and oxygen atoms in total. The topological polar surface area (TPSA) is 3.88 Å². The lowest BCUT2D eigenvalue weighted by atomic mass is 10.0. The van der Waals surface area contributed by atoms with Crippen LogP contribution in [0.1, 0.15) is 110 Å². The van der Waals surface area contributed by atoms with Crippen LogP contribution in [0, 0.1) is 0 Å². The zero-order valence-corrected chi connectivity index (χ0v) is 18.4. The second kappa shape index (κ2) is 19.4. The van der Waals surface area contributed by atoms with Crippen molar-refractivity contribution in [2.24, 2.45) is 0 Å². The van der Waals surface area contributed by atoms with Crippen LogP contribution in [0.4, 0.5) is 0 Å². The minimum absolute atomic E-state index is 0. The molecule has 0 aliphatic carbocycles. The number of unbranched alkanes of at least 4 members (excludes halogenated alkanes) is 15. The molecule has 0 amide bonds. The van der Waals surface area contributed by atoms with Crippen LogP contribution in [0.15, 0.2) is 17.1 Å². The van der Waals surface area contributed by atoms with Crippen LogP contribution >= 0.6 is 11.3 Å². The Hall–Kier alpha value is 0.110. The van der Waals surface area contributed by atoms with Gasteiger partial charge in [-0.1, -0.05) is 108 Å². The predicted molar refractivity (Wildman–Crippen MR) is 104 cm³/mol. The first-order chi connectivity index (χ1) is 11.4. The van der Waals surface area contributed by atoms with Crippen molar-refractivity contribution < 1.29 is 21.5 Å². The van der Waals surface area contributed by atoms with E-state index >= 15 is 0 Å². The summed E-state index contributed by atoms with van der Waals surface area (Å²) in [5.74, 6) is 0. The fourth-order valence-electron chi connectivity index (χ4n) is 3.23. The minimum Gasteiger partial charge on any atom is -1.00 e. The van der Waals surface area contributed by atoms with Crippen molar-refractivity contribution >= 4 is 11.3 Å². The number of halogens is 1. The lowest BCUT2D eigenvalue weighted by Crippen LogP contribution is -3.00. The molecule has 0 saturated heterocycles. The fraction of sp³-hybridized carbons (Fsp3) is 0.857. The van der Waals surface area contributed by atoms with Gasteiger partial charge in [0.2, 0.25) is 5.51 Å².